The summed E-state index contributed by atoms with van der Waals surface area (Å²) in [5, 5.41) is 9.95. The lowest BCUT2D eigenvalue weighted by Gasteiger charge is -2.11. The van der Waals surface area contributed by atoms with Crippen LogP contribution in [0.5, 0.6) is 5.75 Å². The molecular weight excluding hydrogens is 242 g/mol. The first-order chi connectivity index (χ1) is 9.40. The molecule has 6 nitrogen and oxygen atoms in total. The number of hydrogen-bond donors (Lipinski definition) is 2. The summed E-state index contributed by atoms with van der Waals surface area (Å²) >= 11 is 0. The number of rotatable bonds is 8. The zero-order valence-electron chi connectivity index (χ0n) is 11.1. The maximum atomic E-state index is 5.64. The number of ether oxygens (including phenoxy) is 1. The Bertz CT molecular complexity index is 472. The van der Waals surface area contributed by atoms with Gasteiger partial charge in [-0.1, -0.05) is 6.92 Å². The number of H-pyrrole nitrogens is 1. The van der Waals surface area contributed by atoms with Gasteiger partial charge in [-0.05, 0) is 25.0 Å². The van der Waals surface area contributed by atoms with Crippen molar-refractivity contribution in [2.75, 3.05) is 18.5 Å². The summed E-state index contributed by atoms with van der Waals surface area (Å²) in [5.74, 6) is 2.52. The average molecular weight is 261 g/mol. The maximum Gasteiger partial charge on any atom is 0.168 e. The summed E-state index contributed by atoms with van der Waals surface area (Å²) in [6.45, 7) is 3.61. The molecule has 0 amide bonds. The van der Waals surface area contributed by atoms with Crippen molar-refractivity contribution >= 4 is 5.82 Å². The Morgan fingerprint density at radius 1 is 1.37 bits per heavy atom. The first kappa shape index (κ1) is 13.3. The molecule has 19 heavy (non-hydrogen) atoms. The number of pyridine rings is 1. The molecule has 0 aliphatic heterocycles. The van der Waals surface area contributed by atoms with Gasteiger partial charge in [-0.25, -0.2) is 9.97 Å². The third-order valence-corrected chi connectivity index (χ3v) is 2.58. The predicted molar refractivity (Wildman–Crippen MR) is 73.2 cm³/mol. The van der Waals surface area contributed by atoms with Crippen LogP contribution in [0.1, 0.15) is 25.6 Å². The highest BCUT2D eigenvalue weighted by molar-refractivity contribution is 5.49. The summed E-state index contributed by atoms with van der Waals surface area (Å²) in [4.78, 5) is 8.38. The molecule has 0 unspecified atom stereocenters. The van der Waals surface area contributed by atoms with E-state index in [9.17, 15) is 0 Å². The van der Waals surface area contributed by atoms with Crippen molar-refractivity contribution < 1.29 is 4.74 Å². The fourth-order valence-corrected chi connectivity index (χ4v) is 1.67. The van der Waals surface area contributed by atoms with E-state index in [1.54, 1.807) is 6.20 Å². The van der Waals surface area contributed by atoms with Crippen molar-refractivity contribution in [1.82, 2.24) is 20.2 Å². The predicted octanol–water partition coefficient (Wildman–Crippen LogP) is 2.03. The van der Waals surface area contributed by atoms with E-state index >= 15 is 0 Å². The molecule has 0 saturated carbocycles. The highest BCUT2D eigenvalue weighted by Gasteiger charge is 2.03. The van der Waals surface area contributed by atoms with Gasteiger partial charge in [0, 0.05) is 19.2 Å². The van der Waals surface area contributed by atoms with Crippen LogP contribution >= 0.6 is 0 Å². The normalized spacial score (nSPS) is 10.4. The zero-order valence-corrected chi connectivity index (χ0v) is 11.1. The van der Waals surface area contributed by atoms with Crippen molar-refractivity contribution in [2.24, 2.45) is 0 Å². The number of nitrogens with zero attached hydrogens (tertiary/aromatic N) is 3. The lowest BCUT2D eigenvalue weighted by Crippen LogP contribution is -2.07. The first-order valence-corrected chi connectivity index (χ1v) is 6.56. The van der Waals surface area contributed by atoms with E-state index in [0.29, 0.717) is 6.61 Å². The molecule has 0 saturated heterocycles. The molecular formula is C13H19N5O. The number of aromatic amines is 1. The molecule has 0 radical (unpaired) electrons. The molecule has 2 heterocycles. The van der Waals surface area contributed by atoms with Gasteiger partial charge in [-0.2, -0.15) is 5.10 Å². The molecule has 0 aromatic carbocycles. The molecule has 0 fully saturated rings. The van der Waals surface area contributed by atoms with E-state index in [0.717, 1.165) is 43.2 Å². The smallest absolute Gasteiger partial charge is 0.168 e. The zero-order chi connectivity index (χ0) is 13.3. The summed E-state index contributed by atoms with van der Waals surface area (Å²) in [5.41, 5.74) is 0. The molecule has 102 valence electrons. The van der Waals surface area contributed by atoms with Crippen LogP contribution in [0.15, 0.2) is 24.7 Å². The Kier molecular flexibility index (Phi) is 5.16. The van der Waals surface area contributed by atoms with Gasteiger partial charge < -0.3 is 10.1 Å². The lowest BCUT2D eigenvalue weighted by atomic mass is 10.3. The van der Waals surface area contributed by atoms with Crippen molar-refractivity contribution in [3.05, 3.63) is 30.5 Å². The van der Waals surface area contributed by atoms with Crippen LogP contribution < -0.4 is 10.1 Å². The minimum atomic E-state index is 0.707. The molecule has 0 atom stereocenters. The van der Waals surface area contributed by atoms with Crippen molar-refractivity contribution in [2.45, 2.75) is 26.2 Å². The molecule has 0 aliphatic rings. The molecule has 0 spiro atoms. The van der Waals surface area contributed by atoms with E-state index in [-0.39, 0.29) is 0 Å². The van der Waals surface area contributed by atoms with Gasteiger partial charge in [0.25, 0.3) is 0 Å². The number of hydrogen-bond acceptors (Lipinski definition) is 5. The third kappa shape index (κ3) is 4.24. The number of anilines is 1. The Hall–Kier alpha value is -2.11. The van der Waals surface area contributed by atoms with Gasteiger partial charge in [0.05, 0.1) is 6.61 Å². The quantitative estimate of drug-likeness (QED) is 0.711. The Morgan fingerprint density at radius 3 is 3.11 bits per heavy atom. The van der Waals surface area contributed by atoms with Gasteiger partial charge in [0.1, 0.15) is 12.2 Å². The van der Waals surface area contributed by atoms with E-state index in [1.165, 1.54) is 6.33 Å². The van der Waals surface area contributed by atoms with Gasteiger partial charge in [0.15, 0.2) is 11.6 Å². The standard InChI is InChI=1S/C13H19N5O/c1-2-9-19-11-5-3-7-14-13(11)15-8-4-6-12-16-10-17-18-12/h3,5,7,10H,2,4,6,8-9H2,1H3,(H,14,15)(H,16,17,18). The van der Waals surface area contributed by atoms with Crippen LogP contribution in [0, 0.1) is 0 Å². The second-order valence-corrected chi connectivity index (χ2v) is 4.16. The highest BCUT2D eigenvalue weighted by atomic mass is 16.5. The fourth-order valence-electron chi connectivity index (χ4n) is 1.67. The largest absolute Gasteiger partial charge is 0.490 e. The van der Waals surface area contributed by atoms with Crippen LogP contribution in [0.4, 0.5) is 5.82 Å². The van der Waals surface area contributed by atoms with Crippen LogP contribution in [-0.4, -0.2) is 33.3 Å². The van der Waals surface area contributed by atoms with Gasteiger partial charge in [-0.15, -0.1) is 0 Å². The minimum absolute atomic E-state index is 0.707. The number of aromatic nitrogens is 4. The molecule has 2 N–H and O–H groups in total. The monoisotopic (exact) mass is 261 g/mol. The molecule has 2 aromatic heterocycles. The molecule has 2 aromatic rings. The molecule has 0 bridgehead atoms. The maximum absolute atomic E-state index is 5.64. The van der Waals surface area contributed by atoms with E-state index < -0.39 is 0 Å². The van der Waals surface area contributed by atoms with Crippen LogP contribution in [0.25, 0.3) is 0 Å². The highest BCUT2D eigenvalue weighted by Crippen LogP contribution is 2.20. The minimum Gasteiger partial charge on any atom is -0.490 e. The average Bonchev–Trinajstić information content (AvgIpc) is 2.95. The van der Waals surface area contributed by atoms with E-state index in [2.05, 4.69) is 32.4 Å². The second-order valence-electron chi connectivity index (χ2n) is 4.16. The van der Waals surface area contributed by atoms with Gasteiger partial charge in [0.2, 0.25) is 0 Å². The van der Waals surface area contributed by atoms with Crippen molar-refractivity contribution in [3.8, 4) is 5.75 Å². The molecule has 6 heteroatoms. The third-order valence-electron chi connectivity index (χ3n) is 2.58. The summed E-state index contributed by atoms with van der Waals surface area (Å²) in [7, 11) is 0. The second kappa shape index (κ2) is 7.35. The topological polar surface area (TPSA) is 75.7 Å². The van der Waals surface area contributed by atoms with Gasteiger partial charge in [-0.3, -0.25) is 5.10 Å². The summed E-state index contributed by atoms with van der Waals surface area (Å²) < 4.78 is 5.64. The Labute approximate surface area is 112 Å². The lowest BCUT2D eigenvalue weighted by molar-refractivity contribution is 0.318. The Morgan fingerprint density at radius 2 is 2.32 bits per heavy atom. The van der Waals surface area contributed by atoms with Crippen LogP contribution in [0.2, 0.25) is 0 Å². The van der Waals surface area contributed by atoms with E-state index in [4.69, 9.17) is 4.74 Å². The first-order valence-electron chi connectivity index (χ1n) is 6.56. The van der Waals surface area contributed by atoms with E-state index in [1.807, 2.05) is 12.1 Å². The van der Waals surface area contributed by atoms with Crippen LogP contribution in [-0.2, 0) is 6.42 Å². The number of nitrogens with one attached hydrogen (secondary N) is 2. The molecule has 2 rings (SSSR count). The molecule has 0 aliphatic carbocycles. The SMILES string of the molecule is CCCOc1cccnc1NCCCc1ncn[nH]1. The summed E-state index contributed by atoms with van der Waals surface area (Å²) in [6.07, 6.45) is 6.10. The van der Waals surface area contributed by atoms with Crippen LogP contribution in [0.3, 0.4) is 0 Å². The number of aryl methyl sites for hydroxylation is 1. The fraction of sp³-hybridized carbons (Fsp3) is 0.462. The van der Waals surface area contributed by atoms with Crippen molar-refractivity contribution in [1.29, 1.82) is 0 Å². The van der Waals surface area contributed by atoms with Crippen molar-refractivity contribution in [3.63, 3.8) is 0 Å². The van der Waals surface area contributed by atoms with Gasteiger partial charge >= 0.3 is 0 Å². The summed E-state index contributed by atoms with van der Waals surface area (Å²) in [6, 6.07) is 3.81. The Balaban J connectivity index is 1.78.